The number of carbonyl (C=O) groups excluding carboxylic acids is 2. The summed E-state index contributed by atoms with van der Waals surface area (Å²) in [5, 5.41) is 18.2. The third-order valence-electron chi connectivity index (χ3n) is 4.45. The lowest BCUT2D eigenvalue weighted by molar-refractivity contribution is -0.116. The highest BCUT2D eigenvalue weighted by atomic mass is 16.2. The minimum absolute atomic E-state index is 0.213. The van der Waals surface area contributed by atoms with Gasteiger partial charge < -0.3 is 10.6 Å². The van der Waals surface area contributed by atoms with Crippen LogP contribution in [0, 0.1) is 13.8 Å². The van der Waals surface area contributed by atoms with Crippen molar-refractivity contribution in [2.24, 2.45) is 7.05 Å². The van der Waals surface area contributed by atoms with E-state index >= 15 is 0 Å². The molecule has 0 aliphatic rings. The van der Waals surface area contributed by atoms with Crippen molar-refractivity contribution in [1.82, 2.24) is 29.3 Å². The zero-order valence-electron chi connectivity index (χ0n) is 16.4. The van der Waals surface area contributed by atoms with Gasteiger partial charge in [-0.3, -0.25) is 23.6 Å². The molecule has 3 heterocycles. The van der Waals surface area contributed by atoms with Crippen LogP contribution >= 0.6 is 0 Å². The number of hydrogen-bond acceptors (Lipinski definition) is 5. The normalized spacial score (nSPS) is 10.9. The number of nitrogens with zero attached hydrogens (tertiary/aromatic N) is 6. The average Bonchev–Trinajstić information content (AvgIpc) is 3.35. The van der Waals surface area contributed by atoms with E-state index in [-0.39, 0.29) is 18.2 Å². The molecule has 0 radical (unpaired) electrons. The quantitative estimate of drug-likeness (QED) is 0.644. The number of amides is 2. The monoisotopic (exact) mass is 384 g/mol. The zero-order chi connectivity index (χ0) is 20.3. The van der Waals surface area contributed by atoms with Gasteiger partial charge in [0.2, 0.25) is 5.91 Å². The minimum atomic E-state index is -0.353. The van der Waals surface area contributed by atoms with E-state index in [0.717, 1.165) is 11.4 Å². The molecule has 0 unspecified atom stereocenters. The fourth-order valence-corrected chi connectivity index (χ4v) is 2.78. The Morgan fingerprint density at radius 3 is 2.46 bits per heavy atom. The highest BCUT2D eigenvalue weighted by molar-refractivity contribution is 6.09. The molecule has 2 N–H and O–H groups in total. The summed E-state index contributed by atoms with van der Waals surface area (Å²) in [6.07, 6.45) is 5.14. The molecule has 0 aliphatic carbocycles. The zero-order valence-corrected chi connectivity index (χ0v) is 16.4. The number of nitrogens with one attached hydrogen (secondary N) is 2. The van der Waals surface area contributed by atoms with Gasteiger partial charge in [-0.2, -0.15) is 15.3 Å². The molecular weight excluding hydrogens is 360 g/mol. The van der Waals surface area contributed by atoms with Crippen molar-refractivity contribution >= 4 is 23.2 Å². The molecule has 3 aromatic heterocycles. The van der Waals surface area contributed by atoms with E-state index in [1.165, 1.54) is 6.20 Å². The molecule has 0 atom stereocenters. The Balaban J connectivity index is 1.71. The van der Waals surface area contributed by atoms with Crippen molar-refractivity contribution in [2.45, 2.75) is 40.3 Å². The Bertz CT molecular complexity index is 997. The van der Waals surface area contributed by atoms with Crippen LogP contribution < -0.4 is 10.6 Å². The van der Waals surface area contributed by atoms with Gasteiger partial charge in [-0.25, -0.2) is 0 Å². The van der Waals surface area contributed by atoms with Crippen LogP contribution in [-0.4, -0.2) is 41.2 Å². The van der Waals surface area contributed by atoms with Gasteiger partial charge >= 0.3 is 0 Å². The smallest absolute Gasteiger partial charge is 0.276 e. The third-order valence-corrected chi connectivity index (χ3v) is 4.45. The molecule has 10 heteroatoms. The maximum Gasteiger partial charge on any atom is 0.276 e. The summed E-state index contributed by atoms with van der Waals surface area (Å²) in [6.45, 7) is 6.59. The molecule has 0 saturated carbocycles. The first kappa shape index (κ1) is 19.3. The van der Waals surface area contributed by atoms with E-state index in [4.69, 9.17) is 0 Å². The van der Waals surface area contributed by atoms with E-state index in [1.54, 1.807) is 27.3 Å². The van der Waals surface area contributed by atoms with Crippen LogP contribution in [0.15, 0.2) is 24.7 Å². The molecule has 0 aliphatic heterocycles. The number of aryl methyl sites for hydroxylation is 4. The molecule has 0 spiro atoms. The molecule has 3 rings (SSSR count). The van der Waals surface area contributed by atoms with Gasteiger partial charge in [0.15, 0.2) is 0 Å². The van der Waals surface area contributed by atoms with E-state index in [0.29, 0.717) is 30.2 Å². The molecular formula is C18H24N8O2. The SMILES string of the molecule is CCn1ncc(NC(=O)CCn2ccc(C)n2)c1C(=O)Nc1cnn(C)c1C. The second kappa shape index (κ2) is 8.07. The lowest BCUT2D eigenvalue weighted by atomic mass is 10.3. The summed E-state index contributed by atoms with van der Waals surface area (Å²) in [7, 11) is 1.80. The molecule has 28 heavy (non-hydrogen) atoms. The van der Waals surface area contributed by atoms with Crippen molar-refractivity contribution in [2.75, 3.05) is 10.6 Å². The van der Waals surface area contributed by atoms with Crippen molar-refractivity contribution in [1.29, 1.82) is 0 Å². The Morgan fingerprint density at radius 2 is 1.86 bits per heavy atom. The molecule has 0 saturated heterocycles. The van der Waals surface area contributed by atoms with Crippen LogP contribution in [0.1, 0.15) is 35.2 Å². The van der Waals surface area contributed by atoms with Crippen LogP contribution in [0.4, 0.5) is 11.4 Å². The molecule has 0 fully saturated rings. The first-order chi connectivity index (χ1) is 13.4. The molecule has 10 nitrogen and oxygen atoms in total. The largest absolute Gasteiger partial charge is 0.323 e. The van der Waals surface area contributed by atoms with Crippen molar-refractivity contribution in [3.63, 3.8) is 0 Å². The van der Waals surface area contributed by atoms with Gasteiger partial charge in [0.05, 0.1) is 35.2 Å². The van der Waals surface area contributed by atoms with Crippen LogP contribution in [0.2, 0.25) is 0 Å². The number of hydrogen-bond donors (Lipinski definition) is 2. The van der Waals surface area contributed by atoms with Gasteiger partial charge in [0.25, 0.3) is 5.91 Å². The number of rotatable bonds is 7. The lowest BCUT2D eigenvalue weighted by Crippen LogP contribution is -2.21. The standard InChI is InChI=1S/C18H24N8O2/c1-5-26-17(18(28)22-14-10-19-24(4)13(14)3)15(11-20-26)21-16(27)7-9-25-8-6-12(2)23-25/h6,8,10-11H,5,7,9H2,1-4H3,(H,21,27)(H,22,28). The van der Waals surface area contributed by atoms with Gasteiger partial charge in [-0.05, 0) is 26.8 Å². The summed E-state index contributed by atoms with van der Waals surface area (Å²) in [5.41, 5.74) is 3.02. The predicted molar refractivity (Wildman–Crippen MR) is 104 cm³/mol. The van der Waals surface area contributed by atoms with Gasteiger partial charge in [-0.1, -0.05) is 0 Å². The van der Waals surface area contributed by atoms with E-state index in [1.807, 2.05) is 33.0 Å². The summed E-state index contributed by atoms with van der Waals surface area (Å²) in [6, 6.07) is 1.88. The Hall–Kier alpha value is -3.43. The molecule has 2 amide bonds. The minimum Gasteiger partial charge on any atom is -0.323 e. The lowest BCUT2D eigenvalue weighted by Gasteiger charge is -2.10. The summed E-state index contributed by atoms with van der Waals surface area (Å²) < 4.78 is 4.93. The molecule has 148 valence electrons. The van der Waals surface area contributed by atoms with E-state index < -0.39 is 0 Å². The van der Waals surface area contributed by atoms with Gasteiger partial charge in [-0.15, -0.1) is 0 Å². The number of carbonyl (C=O) groups is 2. The fraction of sp³-hybridized carbons (Fsp3) is 0.389. The highest BCUT2D eigenvalue weighted by Gasteiger charge is 2.21. The Labute approximate surface area is 162 Å². The number of aromatic nitrogens is 6. The van der Waals surface area contributed by atoms with Crippen LogP contribution in [0.3, 0.4) is 0 Å². The molecule has 3 aromatic rings. The van der Waals surface area contributed by atoms with Crippen molar-refractivity contribution in [3.05, 3.63) is 41.7 Å². The fourth-order valence-electron chi connectivity index (χ4n) is 2.78. The Kier molecular flexibility index (Phi) is 5.57. The van der Waals surface area contributed by atoms with Crippen molar-refractivity contribution in [3.8, 4) is 0 Å². The topological polar surface area (TPSA) is 112 Å². The van der Waals surface area contributed by atoms with Gasteiger partial charge in [0.1, 0.15) is 5.69 Å². The first-order valence-corrected chi connectivity index (χ1v) is 9.04. The summed E-state index contributed by atoms with van der Waals surface area (Å²) in [5.74, 6) is -0.566. The molecule has 0 bridgehead atoms. The third kappa shape index (κ3) is 4.11. The van der Waals surface area contributed by atoms with Crippen molar-refractivity contribution < 1.29 is 9.59 Å². The predicted octanol–water partition coefficient (Wildman–Crippen LogP) is 1.73. The second-order valence-corrected chi connectivity index (χ2v) is 6.46. The average molecular weight is 384 g/mol. The first-order valence-electron chi connectivity index (χ1n) is 9.04. The van der Waals surface area contributed by atoms with Crippen LogP contribution in [-0.2, 0) is 24.9 Å². The maximum absolute atomic E-state index is 12.8. The summed E-state index contributed by atoms with van der Waals surface area (Å²) in [4.78, 5) is 25.2. The maximum atomic E-state index is 12.8. The Morgan fingerprint density at radius 1 is 1.11 bits per heavy atom. The van der Waals surface area contributed by atoms with E-state index in [9.17, 15) is 9.59 Å². The van der Waals surface area contributed by atoms with E-state index in [2.05, 4.69) is 25.9 Å². The van der Waals surface area contributed by atoms with Crippen LogP contribution in [0.25, 0.3) is 0 Å². The highest BCUT2D eigenvalue weighted by Crippen LogP contribution is 2.19. The summed E-state index contributed by atoms with van der Waals surface area (Å²) >= 11 is 0. The van der Waals surface area contributed by atoms with Crippen LogP contribution in [0.5, 0.6) is 0 Å². The molecule has 0 aromatic carbocycles. The second-order valence-electron chi connectivity index (χ2n) is 6.46. The number of anilines is 2. The van der Waals surface area contributed by atoms with Gasteiger partial charge in [0, 0.05) is 32.8 Å².